The minimum absolute atomic E-state index is 0.404. The molecule has 0 bridgehead atoms. The van der Waals surface area contributed by atoms with Gasteiger partial charge in [-0.1, -0.05) is 6.07 Å². The lowest BCUT2D eigenvalue weighted by Crippen LogP contribution is -2.40. The average Bonchev–Trinajstić information content (AvgIpc) is 2.91. The Morgan fingerprint density at radius 1 is 1.33 bits per heavy atom. The van der Waals surface area contributed by atoms with Gasteiger partial charge in [0.2, 0.25) is 0 Å². The summed E-state index contributed by atoms with van der Waals surface area (Å²) in [6.07, 6.45) is -1.03. The van der Waals surface area contributed by atoms with Gasteiger partial charge in [0, 0.05) is 25.7 Å². The summed E-state index contributed by atoms with van der Waals surface area (Å²) in [5, 5.41) is 10.4. The molecule has 0 unspecified atom stereocenters. The normalized spacial score (nSPS) is 24.8. The zero-order chi connectivity index (χ0) is 14.8. The Hall–Kier alpha value is -1.37. The maximum atomic E-state index is 13.2. The van der Waals surface area contributed by atoms with E-state index in [0.717, 1.165) is 0 Å². The number of nitrogens with zero attached hydrogens (tertiary/aromatic N) is 1. The van der Waals surface area contributed by atoms with Gasteiger partial charge in [-0.05, 0) is 24.1 Å². The lowest BCUT2D eigenvalue weighted by molar-refractivity contribution is 0.122. The van der Waals surface area contributed by atoms with Gasteiger partial charge in [0.05, 0.1) is 6.10 Å². The van der Waals surface area contributed by atoms with Gasteiger partial charge >= 0.3 is 0 Å². The van der Waals surface area contributed by atoms with Gasteiger partial charge in [-0.2, -0.15) is 0 Å². The van der Waals surface area contributed by atoms with Crippen molar-refractivity contribution in [2.24, 2.45) is 5.73 Å². The van der Waals surface area contributed by atoms with Crippen molar-refractivity contribution in [2.45, 2.75) is 24.7 Å². The first-order valence-corrected chi connectivity index (χ1v) is 7.33. The lowest BCUT2D eigenvalue weighted by atomic mass is 10.0. The van der Waals surface area contributed by atoms with Crippen molar-refractivity contribution >= 4 is 0 Å². The predicted octanol–water partition coefficient (Wildman–Crippen LogP) is 0.862. The summed E-state index contributed by atoms with van der Waals surface area (Å²) >= 11 is 0. The molecule has 3 atom stereocenters. The van der Waals surface area contributed by atoms with Crippen molar-refractivity contribution in [3.05, 3.63) is 23.8 Å². The second-order valence-corrected chi connectivity index (χ2v) is 5.66. The third kappa shape index (κ3) is 3.28. The smallest absolute Gasteiger partial charge is 0.161 e. The molecule has 0 aliphatic carbocycles. The second-order valence-electron chi connectivity index (χ2n) is 5.66. The third-order valence-electron chi connectivity index (χ3n) is 4.00. The first kappa shape index (κ1) is 14.6. The first-order chi connectivity index (χ1) is 10.1. The van der Waals surface area contributed by atoms with E-state index in [1.165, 1.54) is 0 Å². The molecule has 0 aromatic heterocycles. The van der Waals surface area contributed by atoms with Crippen LogP contribution in [-0.2, 0) is 0 Å². The molecule has 2 heterocycles. The molecule has 1 fully saturated rings. The van der Waals surface area contributed by atoms with Crippen LogP contribution in [0.5, 0.6) is 11.5 Å². The number of rotatable bonds is 4. The Balaban J connectivity index is 1.65. The number of likely N-dealkylation sites (tertiary alicyclic amines) is 1. The van der Waals surface area contributed by atoms with Crippen LogP contribution in [0.4, 0.5) is 4.39 Å². The second kappa shape index (κ2) is 6.17. The van der Waals surface area contributed by atoms with Crippen molar-refractivity contribution < 1.29 is 19.0 Å². The number of fused-ring (bicyclic) bond motifs is 1. The monoisotopic (exact) mass is 296 g/mol. The molecular weight excluding hydrogens is 275 g/mol. The highest BCUT2D eigenvalue weighted by molar-refractivity contribution is 5.44. The molecule has 21 heavy (non-hydrogen) atoms. The van der Waals surface area contributed by atoms with Crippen LogP contribution in [0, 0.1) is 0 Å². The van der Waals surface area contributed by atoms with Crippen LogP contribution in [0.25, 0.3) is 0 Å². The molecule has 2 aliphatic rings. The molecule has 5 nitrogen and oxygen atoms in total. The molecule has 1 aromatic rings. The molecule has 116 valence electrons. The Kier molecular flexibility index (Phi) is 4.28. The number of hydrogen-bond acceptors (Lipinski definition) is 5. The number of halogens is 1. The molecule has 0 radical (unpaired) electrons. The van der Waals surface area contributed by atoms with E-state index in [2.05, 4.69) is 0 Å². The fraction of sp³-hybridized carbons (Fsp3) is 0.600. The van der Waals surface area contributed by atoms with Crippen molar-refractivity contribution in [3.8, 4) is 11.5 Å². The van der Waals surface area contributed by atoms with Gasteiger partial charge in [0.15, 0.2) is 11.5 Å². The Morgan fingerprint density at radius 2 is 2.10 bits per heavy atom. The summed E-state index contributed by atoms with van der Waals surface area (Å²) in [4.78, 5) is 1.95. The average molecular weight is 296 g/mol. The highest BCUT2D eigenvalue weighted by Crippen LogP contribution is 2.33. The zero-order valence-corrected chi connectivity index (χ0v) is 11.9. The topological polar surface area (TPSA) is 68.0 Å². The maximum absolute atomic E-state index is 13.2. The summed E-state index contributed by atoms with van der Waals surface area (Å²) in [6.45, 7) is 2.62. The number of aliphatic hydroxyl groups is 1. The number of nitrogens with two attached hydrogens (primary N) is 1. The van der Waals surface area contributed by atoms with E-state index >= 15 is 0 Å². The zero-order valence-electron chi connectivity index (χ0n) is 11.9. The maximum Gasteiger partial charge on any atom is 0.161 e. The number of hydrogen-bond donors (Lipinski definition) is 2. The SMILES string of the molecule is N[C@H](CN1CC[C@@H](F)C1)[C@H](O)c1ccc2c(c1)OCCO2. The molecule has 2 aliphatic heterocycles. The van der Waals surface area contributed by atoms with E-state index < -0.39 is 18.3 Å². The van der Waals surface area contributed by atoms with Gasteiger partial charge in [-0.25, -0.2) is 4.39 Å². The van der Waals surface area contributed by atoms with Crippen LogP contribution in [-0.4, -0.2) is 55.1 Å². The van der Waals surface area contributed by atoms with Gasteiger partial charge < -0.3 is 20.3 Å². The van der Waals surface area contributed by atoms with Gasteiger partial charge in [0.1, 0.15) is 19.4 Å². The molecule has 0 spiro atoms. The van der Waals surface area contributed by atoms with Crippen molar-refractivity contribution in [1.29, 1.82) is 0 Å². The van der Waals surface area contributed by atoms with E-state index in [1.54, 1.807) is 18.2 Å². The van der Waals surface area contributed by atoms with E-state index in [-0.39, 0.29) is 0 Å². The Bertz CT molecular complexity index is 500. The standard InChI is InChI=1S/C15H21FN2O3/c16-11-3-4-18(8-11)9-12(17)15(19)10-1-2-13-14(7-10)21-6-5-20-13/h1-2,7,11-12,15,19H,3-6,8-9,17H2/t11-,12-,15-/m1/s1. The minimum atomic E-state index is -0.806. The van der Waals surface area contributed by atoms with E-state index in [9.17, 15) is 9.50 Å². The summed E-state index contributed by atoms with van der Waals surface area (Å²) in [5.74, 6) is 1.32. The van der Waals surface area contributed by atoms with Crippen LogP contribution in [0.1, 0.15) is 18.1 Å². The van der Waals surface area contributed by atoms with E-state index in [4.69, 9.17) is 15.2 Å². The molecule has 1 aromatic carbocycles. The molecular formula is C15H21FN2O3. The summed E-state index contributed by atoms with van der Waals surface area (Å²) in [7, 11) is 0. The predicted molar refractivity (Wildman–Crippen MR) is 76.3 cm³/mol. The van der Waals surface area contributed by atoms with Crippen molar-refractivity contribution in [2.75, 3.05) is 32.8 Å². The van der Waals surface area contributed by atoms with Crippen LogP contribution >= 0.6 is 0 Å². The number of benzene rings is 1. The number of ether oxygens (including phenoxy) is 2. The molecule has 3 N–H and O–H groups in total. The molecule has 0 saturated carbocycles. The lowest BCUT2D eigenvalue weighted by Gasteiger charge is -2.25. The summed E-state index contributed by atoms with van der Waals surface area (Å²) in [6, 6.07) is 4.88. The van der Waals surface area contributed by atoms with Gasteiger partial charge in [0.25, 0.3) is 0 Å². The molecule has 1 saturated heterocycles. The summed E-state index contributed by atoms with van der Waals surface area (Å²) < 4.78 is 24.1. The van der Waals surface area contributed by atoms with Crippen molar-refractivity contribution in [1.82, 2.24) is 4.90 Å². The van der Waals surface area contributed by atoms with E-state index in [0.29, 0.717) is 56.3 Å². The Morgan fingerprint density at radius 3 is 2.81 bits per heavy atom. The summed E-state index contributed by atoms with van der Waals surface area (Å²) in [5.41, 5.74) is 6.76. The number of aliphatic hydroxyl groups excluding tert-OH is 1. The fourth-order valence-electron chi connectivity index (χ4n) is 2.84. The quantitative estimate of drug-likeness (QED) is 0.862. The van der Waals surface area contributed by atoms with Crippen LogP contribution in [0.3, 0.4) is 0 Å². The van der Waals surface area contributed by atoms with Gasteiger partial charge in [-0.3, -0.25) is 4.90 Å². The highest BCUT2D eigenvalue weighted by Gasteiger charge is 2.27. The molecule has 6 heteroatoms. The van der Waals surface area contributed by atoms with Crippen LogP contribution in [0.2, 0.25) is 0 Å². The molecule has 3 rings (SSSR count). The van der Waals surface area contributed by atoms with Crippen LogP contribution in [0.15, 0.2) is 18.2 Å². The van der Waals surface area contributed by atoms with Crippen LogP contribution < -0.4 is 15.2 Å². The third-order valence-corrected chi connectivity index (χ3v) is 4.00. The van der Waals surface area contributed by atoms with Gasteiger partial charge in [-0.15, -0.1) is 0 Å². The fourth-order valence-corrected chi connectivity index (χ4v) is 2.84. The van der Waals surface area contributed by atoms with E-state index in [1.807, 2.05) is 4.90 Å². The molecule has 0 amide bonds. The first-order valence-electron chi connectivity index (χ1n) is 7.33. The Labute approximate surface area is 123 Å². The van der Waals surface area contributed by atoms with Crippen molar-refractivity contribution in [3.63, 3.8) is 0 Å². The highest BCUT2D eigenvalue weighted by atomic mass is 19.1. The largest absolute Gasteiger partial charge is 0.486 e. The number of alkyl halides is 1. The minimum Gasteiger partial charge on any atom is -0.486 e.